The quantitative estimate of drug-likeness (QED) is 0.255. The lowest BCUT2D eigenvalue weighted by atomic mass is 10.0. The summed E-state index contributed by atoms with van der Waals surface area (Å²) in [4.78, 5) is 34.8. The average molecular weight is 585 g/mol. The van der Waals surface area contributed by atoms with Gasteiger partial charge in [-0.2, -0.15) is 0 Å². The summed E-state index contributed by atoms with van der Waals surface area (Å²) in [5, 5.41) is 7.05. The number of para-hydroxylation sites is 3. The number of hydrogen-bond donors (Lipinski definition) is 2. The van der Waals surface area contributed by atoms with Crippen molar-refractivity contribution < 1.29 is 18.7 Å². The third-order valence-corrected chi connectivity index (χ3v) is 8.27. The van der Waals surface area contributed by atoms with Gasteiger partial charge in [0.2, 0.25) is 5.95 Å². The van der Waals surface area contributed by atoms with Crippen molar-refractivity contribution in [3.63, 3.8) is 0 Å². The van der Waals surface area contributed by atoms with Crippen LogP contribution in [0.1, 0.15) is 42.1 Å². The third-order valence-electron chi connectivity index (χ3n) is 8.27. The van der Waals surface area contributed by atoms with Crippen molar-refractivity contribution in [2.75, 3.05) is 43.4 Å². The number of amides is 1. The molecule has 0 spiro atoms. The van der Waals surface area contributed by atoms with Crippen molar-refractivity contribution >= 4 is 34.5 Å². The number of carbonyl (C=O) groups excluding carboxylic acids is 2. The molecule has 43 heavy (non-hydrogen) atoms. The average Bonchev–Trinajstić information content (AvgIpc) is 3.35. The lowest BCUT2D eigenvalue weighted by Crippen LogP contribution is -2.53. The molecule has 1 saturated heterocycles. The topological polar surface area (TPSA) is 91.7 Å². The second-order valence-corrected chi connectivity index (χ2v) is 11.1. The molecule has 1 atom stereocenters. The third kappa shape index (κ3) is 6.49. The Hall–Kier alpha value is -4.44. The van der Waals surface area contributed by atoms with E-state index in [2.05, 4.69) is 26.2 Å². The number of piperidine rings is 1. The molecule has 3 aromatic carbocycles. The van der Waals surface area contributed by atoms with Crippen molar-refractivity contribution in [2.45, 2.75) is 44.9 Å². The van der Waals surface area contributed by atoms with Crippen LogP contribution in [-0.2, 0) is 16.1 Å². The minimum absolute atomic E-state index is 0.0692. The highest BCUT2D eigenvalue weighted by molar-refractivity contribution is 6.02. The second kappa shape index (κ2) is 12.8. The van der Waals surface area contributed by atoms with Crippen LogP contribution in [0.25, 0.3) is 11.0 Å². The molecule has 2 aliphatic heterocycles. The zero-order valence-corrected chi connectivity index (χ0v) is 24.3. The molecular formula is C33H37FN6O3. The number of rotatable bonds is 10. The van der Waals surface area contributed by atoms with Gasteiger partial charge in [-0.15, -0.1) is 0 Å². The predicted molar refractivity (Wildman–Crippen MR) is 164 cm³/mol. The Morgan fingerprint density at radius 1 is 1.02 bits per heavy atom. The number of fused-ring (bicyclic) bond motifs is 2. The van der Waals surface area contributed by atoms with Crippen LogP contribution in [-0.4, -0.2) is 76.2 Å². The van der Waals surface area contributed by atoms with Gasteiger partial charge >= 0.3 is 5.97 Å². The summed E-state index contributed by atoms with van der Waals surface area (Å²) >= 11 is 0. The van der Waals surface area contributed by atoms with Gasteiger partial charge in [0.25, 0.3) is 5.91 Å². The molecule has 6 rings (SSSR count). The Balaban J connectivity index is 1.08. The fourth-order valence-electron chi connectivity index (χ4n) is 6.00. The standard InChI is InChI=1S/C33H37FN6O3/c1-2-43-31(41)21-30-36-27-8-4-3-7-26(27)32(42)39(30)20-19-38-17-15-25(16-18-38)35-33-37-28-9-5-6-10-29(28)40(33)22-23-11-13-24(34)14-12-23/h3-14,25,30,36H,2,15-22H2,1H3,(H,35,37). The molecule has 2 N–H and O–H groups in total. The van der Waals surface area contributed by atoms with E-state index in [0.29, 0.717) is 31.8 Å². The molecule has 0 aliphatic carbocycles. The van der Waals surface area contributed by atoms with E-state index >= 15 is 0 Å². The molecule has 2 aliphatic rings. The fraction of sp³-hybridized carbons (Fsp3) is 0.364. The summed E-state index contributed by atoms with van der Waals surface area (Å²) in [7, 11) is 0. The Morgan fingerprint density at radius 2 is 1.77 bits per heavy atom. The maximum Gasteiger partial charge on any atom is 0.309 e. The number of likely N-dealkylation sites (tertiary alicyclic amines) is 1. The number of benzene rings is 3. The summed E-state index contributed by atoms with van der Waals surface area (Å²) in [5.41, 5.74) is 4.33. The number of hydrogen-bond acceptors (Lipinski definition) is 7. The SMILES string of the molecule is CCOC(=O)CC1Nc2ccccc2C(=O)N1CCN1CCC(Nc2nc3ccccc3n2Cc2ccc(F)cc2)CC1. The van der Waals surface area contributed by atoms with E-state index in [1.54, 1.807) is 11.8 Å². The van der Waals surface area contributed by atoms with E-state index < -0.39 is 6.17 Å². The van der Waals surface area contributed by atoms with E-state index in [4.69, 9.17) is 9.72 Å². The molecule has 1 unspecified atom stereocenters. The van der Waals surface area contributed by atoms with Crippen molar-refractivity contribution in [2.24, 2.45) is 0 Å². The normalized spacial score (nSPS) is 17.5. The summed E-state index contributed by atoms with van der Waals surface area (Å²) in [5.74, 6) is 0.175. The number of anilines is 2. The lowest BCUT2D eigenvalue weighted by Gasteiger charge is -2.39. The zero-order chi connectivity index (χ0) is 29.8. The highest BCUT2D eigenvalue weighted by atomic mass is 19.1. The molecule has 3 heterocycles. The van der Waals surface area contributed by atoms with Gasteiger partial charge < -0.3 is 29.7 Å². The molecule has 1 aromatic heterocycles. The lowest BCUT2D eigenvalue weighted by molar-refractivity contribution is -0.144. The van der Waals surface area contributed by atoms with Gasteiger partial charge in [-0.1, -0.05) is 36.4 Å². The molecule has 1 amide bonds. The summed E-state index contributed by atoms with van der Waals surface area (Å²) in [6.07, 6.45) is 1.51. The van der Waals surface area contributed by atoms with Crippen molar-refractivity contribution in [3.05, 3.63) is 89.7 Å². The van der Waals surface area contributed by atoms with Crippen molar-refractivity contribution in [3.8, 4) is 0 Å². The van der Waals surface area contributed by atoms with Gasteiger partial charge in [0.1, 0.15) is 12.0 Å². The number of nitrogens with zero attached hydrogens (tertiary/aromatic N) is 4. The predicted octanol–water partition coefficient (Wildman–Crippen LogP) is 4.95. The summed E-state index contributed by atoms with van der Waals surface area (Å²) in [6.45, 7) is 5.66. The van der Waals surface area contributed by atoms with E-state index in [1.165, 1.54) is 12.1 Å². The van der Waals surface area contributed by atoms with Gasteiger partial charge in [0.15, 0.2) is 0 Å². The Labute approximate surface area is 250 Å². The van der Waals surface area contributed by atoms with Crippen LogP contribution in [0.15, 0.2) is 72.8 Å². The highest BCUT2D eigenvalue weighted by Gasteiger charge is 2.34. The maximum absolute atomic E-state index is 13.5. The number of esters is 1. The Morgan fingerprint density at radius 3 is 2.56 bits per heavy atom. The molecule has 224 valence electrons. The van der Waals surface area contributed by atoms with Crippen LogP contribution in [0.3, 0.4) is 0 Å². The molecule has 0 bridgehead atoms. The molecule has 0 radical (unpaired) electrons. The summed E-state index contributed by atoms with van der Waals surface area (Å²) in [6, 6.07) is 22.3. The van der Waals surface area contributed by atoms with Crippen LogP contribution in [0.4, 0.5) is 16.0 Å². The molecule has 4 aromatic rings. The first-order valence-corrected chi connectivity index (χ1v) is 15.0. The smallest absolute Gasteiger partial charge is 0.309 e. The van der Waals surface area contributed by atoms with E-state index in [1.807, 2.05) is 54.6 Å². The van der Waals surface area contributed by atoms with Crippen LogP contribution < -0.4 is 10.6 Å². The first-order chi connectivity index (χ1) is 21.0. The highest BCUT2D eigenvalue weighted by Crippen LogP contribution is 2.27. The van der Waals surface area contributed by atoms with Gasteiger partial charge in [0, 0.05) is 37.9 Å². The monoisotopic (exact) mass is 584 g/mol. The minimum atomic E-state index is -0.449. The van der Waals surface area contributed by atoms with Gasteiger partial charge in [-0.3, -0.25) is 9.59 Å². The first kappa shape index (κ1) is 28.7. The molecule has 1 fully saturated rings. The van der Waals surface area contributed by atoms with Gasteiger partial charge in [-0.25, -0.2) is 9.37 Å². The first-order valence-electron chi connectivity index (χ1n) is 15.0. The molecule has 10 heteroatoms. The molecule has 0 saturated carbocycles. The summed E-state index contributed by atoms with van der Waals surface area (Å²) < 4.78 is 20.8. The minimum Gasteiger partial charge on any atom is -0.466 e. The Bertz CT molecular complexity index is 1580. The zero-order valence-electron chi connectivity index (χ0n) is 24.3. The van der Waals surface area contributed by atoms with Gasteiger partial charge in [-0.05, 0) is 61.7 Å². The number of aromatic nitrogens is 2. The van der Waals surface area contributed by atoms with E-state index in [0.717, 1.165) is 54.2 Å². The fourth-order valence-corrected chi connectivity index (χ4v) is 6.00. The number of imidazole rings is 1. The molecular weight excluding hydrogens is 547 g/mol. The second-order valence-electron chi connectivity index (χ2n) is 11.1. The van der Waals surface area contributed by atoms with E-state index in [9.17, 15) is 14.0 Å². The van der Waals surface area contributed by atoms with Crippen LogP contribution in [0.2, 0.25) is 0 Å². The number of nitrogens with one attached hydrogen (secondary N) is 2. The largest absolute Gasteiger partial charge is 0.466 e. The maximum atomic E-state index is 13.5. The number of carbonyl (C=O) groups is 2. The van der Waals surface area contributed by atoms with Crippen LogP contribution >= 0.6 is 0 Å². The van der Waals surface area contributed by atoms with Crippen LogP contribution in [0.5, 0.6) is 0 Å². The van der Waals surface area contributed by atoms with E-state index in [-0.39, 0.29) is 30.2 Å². The number of ether oxygens (including phenoxy) is 1. The Kier molecular flexibility index (Phi) is 8.55. The number of halogens is 1. The molecule has 9 nitrogen and oxygen atoms in total. The van der Waals surface area contributed by atoms with Crippen molar-refractivity contribution in [1.29, 1.82) is 0 Å². The van der Waals surface area contributed by atoms with Crippen molar-refractivity contribution in [1.82, 2.24) is 19.4 Å². The van der Waals surface area contributed by atoms with Gasteiger partial charge in [0.05, 0.1) is 36.2 Å². The van der Waals surface area contributed by atoms with Crippen LogP contribution in [0, 0.1) is 5.82 Å².